The molecule has 0 bridgehead atoms. The van der Waals surface area contributed by atoms with E-state index in [9.17, 15) is 0 Å². The van der Waals surface area contributed by atoms with Gasteiger partial charge in [-0.25, -0.2) is 4.98 Å². The summed E-state index contributed by atoms with van der Waals surface area (Å²) in [5, 5.41) is 4.72. The van der Waals surface area contributed by atoms with Gasteiger partial charge in [0.2, 0.25) is 0 Å². The Bertz CT molecular complexity index is 335. The van der Waals surface area contributed by atoms with Crippen molar-refractivity contribution in [1.82, 2.24) is 10.3 Å². The van der Waals surface area contributed by atoms with Crippen molar-refractivity contribution in [3.63, 3.8) is 0 Å². The van der Waals surface area contributed by atoms with Crippen LogP contribution in [0.2, 0.25) is 0 Å². The Morgan fingerprint density at radius 3 is 2.41 bits per heavy atom. The third-order valence-corrected chi connectivity index (χ3v) is 3.95. The van der Waals surface area contributed by atoms with Gasteiger partial charge in [0, 0.05) is 18.5 Å². The Hall–Kier alpha value is -0.450. The number of rotatable bonds is 5. The van der Waals surface area contributed by atoms with Crippen LogP contribution in [0.4, 0.5) is 0 Å². The molecule has 1 unspecified atom stereocenters. The summed E-state index contributed by atoms with van der Waals surface area (Å²) >= 11 is 1.79. The molecule has 0 fully saturated rings. The molecule has 0 aliphatic rings. The van der Waals surface area contributed by atoms with Gasteiger partial charge < -0.3 is 10.1 Å². The molecular weight excluding hydrogens is 232 g/mol. The number of thiazole rings is 1. The van der Waals surface area contributed by atoms with Gasteiger partial charge in [-0.15, -0.1) is 11.3 Å². The highest BCUT2D eigenvalue weighted by Crippen LogP contribution is 2.35. The van der Waals surface area contributed by atoms with Crippen molar-refractivity contribution >= 4 is 11.3 Å². The van der Waals surface area contributed by atoms with Gasteiger partial charge in [-0.2, -0.15) is 0 Å². The standard InChI is InChI=1S/C13H24N2OS/c1-9-10(2)17-12(15-9)11(13(3,4)5)14-7-8-16-6/h11,14H,7-8H2,1-6H3. The van der Waals surface area contributed by atoms with Crippen LogP contribution < -0.4 is 5.32 Å². The zero-order chi connectivity index (χ0) is 13.1. The van der Waals surface area contributed by atoms with E-state index in [4.69, 9.17) is 4.74 Å². The van der Waals surface area contributed by atoms with Crippen LogP contribution in [0.25, 0.3) is 0 Å². The van der Waals surface area contributed by atoms with Crippen LogP contribution in [0.3, 0.4) is 0 Å². The third-order valence-electron chi connectivity index (χ3n) is 2.81. The average Bonchev–Trinajstić information content (AvgIpc) is 2.52. The summed E-state index contributed by atoms with van der Waals surface area (Å²) in [5.41, 5.74) is 1.30. The predicted octanol–water partition coefficient (Wildman–Crippen LogP) is 3.08. The molecule has 0 saturated heterocycles. The normalized spacial score (nSPS) is 14.0. The lowest BCUT2D eigenvalue weighted by Gasteiger charge is -2.30. The van der Waals surface area contributed by atoms with E-state index in [0.29, 0.717) is 0 Å². The Labute approximate surface area is 109 Å². The van der Waals surface area contributed by atoms with E-state index in [-0.39, 0.29) is 11.5 Å². The molecule has 1 N–H and O–H groups in total. The van der Waals surface area contributed by atoms with Gasteiger partial charge in [0.25, 0.3) is 0 Å². The summed E-state index contributed by atoms with van der Waals surface area (Å²) in [5.74, 6) is 0. The molecule has 17 heavy (non-hydrogen) atoms. The van der Waals surface area contributed by atoms with E-state index in [2.05, 4.69) is 44.9 Å². The molecule has 1 aromatic heterocycles. The first kappa shape index (κ1) is 14.6. The molecule has 98 valence electrons. The highest BCUT2D eigenvalue weighted by atomic mass is 32.1. The van der Waals surface area contributed by atoms with Gasteiger partial charge in [0.15, 0.2) is 0 Å². The highest BCUT2D eigenvalue weighted by molar-refractivity contribution is 7.11. The van der Waals surface area contributed by atoms with Crippen LogP contribution in [-0.4, -0.2) is 25.2 Å². The lowest BCUT2D eigenvalue weighted by Crippen LogP contribution is -2.34. The fourth-order valence-corrected chi connectivity index (χ4v) is 2.93. The number of methoxy groups -OCH3 is 1. The number of nitrogens with zero attached hydrogens (tertiary/aromatic N) is 1. The SMILES string of the molecule is COCCNC(c1nc(C)c(C)s1)C(C)(C)C. The lowest BCUT2D eigenvalue weighted by molar-refractivity contribution is 0.181. The second-order valence-corrected chi connectivity index (χ2v) is 6.67. The van der Waals surface area contributed by atoms with Crippen LogP contribution in [-0.2, 0) is 4.74 Å². The fraction of sp³-hybridized carbons (Fsp3) is 0.769. The molecule has 1 aromatic rings. The Morgan fingerprint density at radius 1 is 1.35 bits per heavy atom. The van der Waals surface area contributed by atoms with E-state index in [1.165, 1.54) is 9.88 Å². The molecule has 0 radical (unpaired) electrons. The number of nitrogens with one attached hydrogen (secondary N) is 1. The largest absolute Gasteiger partial charge is 0.383 e. The molecule has 4 heteroatoms. The molecule has 1 rings (SSSR count). The molecule has 1 heterocycles. The zero-order valence-corrected chi connectivity index (χ0v) is 12.6. The minimum atomic E-state index is 0.157. The molecule has 0 aliphatic heterocycles. The van der Waals surface area contributed by atoms with Crippen LogP contribution in [0.15, 0.2) is 0 Å². The van der Waals surface area contributed by atoms with Crippen molar-refractivity contribution in [2.45, 2.75) is 40.7 Å². The van der Waals surface area contributed by atoms with Gasteiger partial charge in [0.1, 0.15) is 5.01 Å². The van der Waals surface area contributed by atoms with Crippen molar-refractivity contribution in [3.8, 4) is 0 Å². The topological polar surface area (TPSA) is 34.1 Å². The van der Waals surface area contributed by atoms with E-state index < -0.39 is 0 Å². The first-order chi connectivity index (χ1) is 7.86. The number of hydrogen-bond donors (Lipinski definition) is 1. The van der Waals surface area contributed by atoms with Crippen LogP contribution >= 0.6 is 11.3 Å². The molecule has 0 spiro atoms. The van der Waals surface area contributed by atoms with Crippen LogP contribution in [0, 0.1) is 19.3 Å². The summed E-state index contributed by atoms with van der Waals surface area (Å²) in [7, 11) is 1.73. The van der Waals surface area contributed by atoms with E-state index >= 15 is 0 Å². The zero-order valence-electron chi connectivity index (χ0n) is 11.8. The Kier molecular flexibility index (Phi) is 5.10. The third kappa shape index (κ3) is 4.05. The molecule has 0 saturated carbocycles. The van der Waals surface area contributed by atoms with Crippen molar-refractivity contribution < 1.29 is 4.74 Å². The first-order valence-corrected chi connectivity index (χ1v) is 6.84. The summed E-state index contributed by atoms with van der Waals surface area (Å²) in [6.07, 6.45) is 0. The molecule has 1 atom stereocenters. The fourth-order valence-electron chi connectivity index (χ4n) is 1.69. The summed E-state index contributed by atoms with van der Waals surface area (Å²) < 4.78 is 5.09. The number of hydrogen-bond acceptors (Lipinski definition) is 4. The molecule has 3 nitrogen and oxygen atoms in total. The van der Waals surface area contributed by atoms with Gasteiger partial charge in [-0.3, -0.25) is 0 Å². The molecular formula is C13H24N2OS. The van der Waals surface area contributed by atoms with Crippen molar-refractivity contribution in [2.75, 3.05) is 20.3 Å². The first-order valence-electron chi connectivity index (χ1n) is 6.02. The average molecular weight is 256 g/mol. The summed E-state index contributed by atoms with van der Waals surface area (Å²) in [6.45, 7) is 12.5. The van der Waals surface area contributed by atoms with Crippen molar-refractivity contribution in [1.29, 1.82) is 0 Å². The second kappa shape index (κ2) is 5.94. The van der Waals surface area contributed by atoms with Gasteiger partial charge in [-0.1, -0.05) is 20.8 Å². The summed E-state index contributed by atoms with van der Waals surface area (Å²) in [6, 6.07) is 0.287. The molecule has 0 amide bonds. The van der Waals surface area contributed by atoms with Crippen molar-refractivity contribution in [3.05, 3.63) is 15.6 Å². The molecule has 0 aliphatic carbocycles. The smallest absolute Gasteiger partial charge is 0.111 e. The second-order valence-electron chi connectivity index (χ2n) is 5.44. The van der Waals surface area contributed by atoms with Gasteiger partial charge in [0.05, 0.1) is 18.3 Å². The maximum atomic E-state index is 5.09. The number of ether oxygens (including phenoxy) is 1. The van der Waals surface area contributed by atoms with Gasteiger partial charge >= 0.3 is 0 Å². The number of aromatic nitrogens is 1. The molecule has 0 aromatic carbocycles. The van der Waals surface area contributed by atoms with E-state index in [0.717, 1.165) is 18.8 Å². The predicted molar refractivity (Wildman–Crippen MR) is 73.7 cm³/mol. The monoisotopic (exact) mass is 256 g/mol. The quantitative estimate of drug-likeness (QED) is 0.822. The highest BCUT2D eigenvalue weighted by Gasteiger charge is 2.28. The number of aryl methyl sites for hydroxylation is 2. The lowest BCUT2D eigenvalue weighted by atomic mass is 9.87. The van der Waals surface area contributed by atoms with E-state index in [1.807, 2.05) is 0 Å². The Morgan fingerprint density at radius 2 is 2.00 bits per heavy atom. The Balaban J connectivity index is 2.83. The minimum Gasteiger partial charge on any atom is -0.383 e. The van der Waals surface area contributed by atoms with Crippen molar-refractivity contribution in [2.24, 2.45) is 5.41 Å². The van der Waals surface area contributed by atoms with Crippen LogP contribution in [0.1, 0.15) is 42.4 Å². The maximum absolute atomic E-state index is 5.09. The maximum Gasteiger partial charge on any atom is 0.111 e. The van der Waals surface area contributed by atoms with E-state index in [1.54, 1.807) is 18.4 Å². The minimum absolute atomic E-state index is 0.157. The van der Waals surface area contributed by atoms with Gasteiger partial charge in [-0.05, 0) is 19.3 Å². The van der Waals surface area contributed by atoms with Crippen LogP contribution in [0.5, 0.6) is 0 Å². The summed E-state index contributed by atoms with van der Waals surface area (Å²) in [4.78, 5) is 5.98.